The molecule has 326 valence electrons. The number of benzene rings is 2. The second-order valence-electron chi connectivity index (χ2n) is 16.6. The van der Waals surface area contributed by atoms with E-state index in [0.29, 0.717) is 38.8 Å². The summed E-state index contributed by atoms with van der Waals surface area (Å²) in [6, 6.07) is 2.84. The highest BCUT2D eigenvalue weighted by Gasteiger charge is 2.50. The van der Waals surface area contributed by atoms with Gasteiger partial charge < -0.3 is 51.0 Å². The van der Waals surface area contributed by atoms with Crippen LogP contribution in [-0.4, -0.2) is 105 Å². The molecule has 1 saturated heterocycles. The van der Waals surface area contributed by atoms with Crippen LogP contribution in [0.2, 0.25) is 0 Å². The van der Waals surface area contributed by atoms with Crippen molar-refractivity contribution in [3.63, 3.8) is 0 Å². The minimum atomic E-state index is -2.09. The second-order valence-corrected chi connectivity index (χ2v) is 16.6. The fraction of sp³-hybridized carbons (Fsp3) is 0.644. The number of nitrogens with two attached hydrogens (primary N) is 2. The molecule has 59 heavy (non-hydrogen) atoms. The number of aliphatic hydroxyl groups excluding tert-OH is 1. The van der Waals surface area contributed by atoms with Crippen molar-refractivity contribution in [2.24, 2.45) is 11.5 Å². The van der Waals surface area contributed by atoms with Gasteiger partial charge in [0.1, 0.15) is 29.0 Å². The lowest BCUT2D eigenvalue weighted by Gasteiger charge is -2.46. The van der Waals surface area contributed by atoms with Crippen molar-refractivity contribution in [3.05, 3.63) is 51.6 Å². The largest absolute Gasteiger partial charge is 0.507 e. The lowest BCUT2D eigenvalue weighted by atomic mass is 9.72. The van der Waals surface area contributed by atoms with Gasteiger partial charge in [-0.1, -0.05) is 83.3 Å². The molecule has 0 saturated carbocycles. The molecule has 8 N–H and O–H groups in total. The minimum Gasteiger partial charge on any atom is -0.507 e. The molecule has 0 bridgehead atoms. The van der Waals surface area contributed by atoms with E-state index in [-0.39, 0.29) is 40.3 Å². The Kier molecular flexibility index (Phi) is 16.1. The van der Waals surface area contributed by atoms with Gasteiger partial charge >= 0.3 is 0 Å². The number of hydrogen-bond acceptors (Lipinski definition) is 13. The third-order valence-electron chi connectivity index (χ3n) is 12.4. The molecular formula is C45H65N3O11. The predicted octanol–water partition coefficient (Wildman–Crippen LogP) is 5.28. The molecule has 1 aliphatic heterocycles. The molecule has 3 aliphatic rings. The van der Waals surface area contributed by atoms with Crippen LogP contribution in [0.25, 0.3) is 0 Å². The first-order chi connectivity index (χ1) is 28.2. The highest BCUT2D eigenvalue weighted by molar-refractivity contribution is 6.31. The van der Waals surface area contributed by atoms with Crippen molar-refractivity contribution in [2.45, 2.75) is 166 Å². The number of aromatic hydroxyl groups is 2. The molecule has 1 fully saturated rings. The number of carbonyl (C=O) groups excluding carboxylic acids is 4. The molecule has 2 aliphatic carbocycles. The third-order valence-corrected chi connectivity index (χ3v) is 12.4. The fourth-order valence-corrected chi connectivity index (χ4v) is 8.96. The van der Waals surface area contributed by atoms with E-state index >= 15 is 0 Å². The van der Waals surface area contributed by atoms with E-state index in [1.54, 1.807) is 11.8 Å². The van der Waals surface area contributed by atoms with Gasteiger partial charge in [0.25, 0.3) is 0 Å². The zero-order valence-electron chi connectivity index (χ0n) is 35.2. The van der Waals surface area contributed by atoms with Crippen LogP contribution in [0.4, 0.5) is 0 Å². The van der Waals surface area contributed by atoms with Crippen LogP contribution in [0.15, 0.2) is 18.2 Å². The molecule has 14 heteroatoms. The summed E-state index contributed by atoms with van der Waals surface area (Å²) in [6.45, 7) is 5.86. The Morgan fingerprint density at radius 1 is 0.949 bits per heavy atom. The van der Waals surface area contributed by atoms with Crippen molar-refractivity contribution >= 4 is 23.3 Å². The molecule has 1 heterocycles. The smallest absolute Gasteiger partial charge is 0.239 e. The van der Waals surface area contributed by atoms with Gasteiger partial charge in [0.05, 0.1) is 48.1 Å². The number of phenols is 2. The quantitative estimate of drug-likeness (QED) is 0.0594. The highest BCUT2D eigenvalue weighted by atomic mass is 16.7. The first kappa shape index (κ1) is 46.2. The number of nitrogens with zero attached hydrogens (tertiary/aromatic N) is 1. The summed E-state index contributed by atoms with van der Waals surface area (Å²) in [5.41, 5.74) is 8.86. The Bertz CT molecular complexity index is 1830. The number of aliphatic hydroxyl groups is 2. The van der Waals surface area contributed by atoms with Crippen LogP contribution >= 0.6 is 0 Å². The average Bonchev–Trinajstić information content (AvgIpc) is 3.21. The topological polar surface area (TPSA) is 232 Å². The molecule has 5 rings (SSSR count). The number of amides is 1. The summed E-state index contributed by atoms with van der Waals surface area (Å²) in [6.07, 6.45) is 7.51. The maximum atomic E-state index is 14.1. The van der Waals surface area contributed by atoms with Crippen LogP contribution in [0, 0.1) is 0 Å². The predicted molar refractivity (Wildman–Crippen MR) is 221 cm³/mol. The van der Waals surface area contributed by atoms with Gasteiger partial charge in [-0.3, -0.25) is 19.2 Å². The van der Waals surface area contributed by atoms with Crippen LogP contribution < -0.4 is 16.2 Å². The maximum absolute atomic E-state index is 14.1. The number of unbranched alkanes of at least 4 members (excludes halogenated alkanes) is 10. The molecule has 4 unspecified atom stereocenters. The van der Waals surface area contributed by atoms with Gasteiger partial charge in [-0.15, -0.1) is 0 Å². The van der Waals surface area contributed by atoms with Crippen molar-refractivity contribution < 1.29 is 53.8 Å². The number of Topliss-reactive ketones (excluding diaryl/α,β-unsaturated/α-hetero) is 1. The summed E-state index contributed by atoms with van der Waals surface area (Å²) < 4.78 is 18.0. The van der Waals surface area contributed by atoms with E-state index in [1.165, 1.54) is 70.8 Å². The van der Waals surface area contributed by atoms with Gasteiger partial charge in [0.2, 0.25) is 11.7 Å². The number of phenolic OH excluding ortho intramolecular Hbond substituents is 2. The molecule has 2 aromatic rings. The van der Waals surface area contributed by atoms with E-state index in [2.05, 4.69) is 6.92 Å². The van der Waals surface area contributed by atoms with E-state index in [4.69, 9.17) is 25.7 Å². The Labute approximate surface area is 347 Å². The van der Waals surface area contributed by atoms with Crippen LogP contribution in [-0.2, 0) is 25.5 Å². The monoisotopic (exact) mass is 823 g/mol. The van der Waals surface area contributed by atoms with Crippen molar-refractivity contribution in [3.8, 4) is 17.2 Å². The van der Waals surface area contributed by atoms with Crippen LogP contribution in [0.1, 0.15) is 166 Å². The molecule has 0 radical (unpaired) electrons. The lowest BCUT2D eigenvalue weighted by Crippen LogP contribution is -2.59. The number of rotatable bonds is 21. The lowest BCUT2D eigenvalue weighted by molar-refractivity contribution is -0.257. The first-order valence-electron chi connectivity index (χ1n) is 21.6. The third kappa shape index (κ3) is 10.0. The molecule has 2 aromatic carbocycles. The number of ketones is 3. The zero-order chi connectivity index (χ0) is 43.0. The van der Waals surface area contributed by atoms with Crippen molar-refractivity contribution in [1.82, 2.24) is 4.90 Å². The Morgan fingerprint density at radius 2 is 1.59 bits per heavy atom. The van der Waals surface area contributed by atoms with E-state index in [0.717, 1.165) is 19.3 Å². The van der Waals surface area contributed by atoms with Gasteiger partial charge in [0, 0.05) is 42.5 Å². The summed E-state index contributed by atoms with van der Waals surface area (Å²) in [7, 11) is 1.34. The SMILES string of the molecule is CCCCCCCCCCCCN(C(=O)[C@@H](N)CCCCN)C1CC(O[C@H]2C[C@](O)(C(C)=O)Cc3c(O)c4c(c(O)c32)C(=O)c2c(OC)cccc2C4=O)OC(C)C1O. The number of carbonyl (C=O) groups is 4. The van der Waals surface area contributed by atoms with Crippen LogP contribution in [0.5, 0.6) is 17.2 Å². The zero-order valence-corrected chi connectivity index (χ0v) is 35.2. The fourth-order valence-electron chi connectivity index (χ4n) is 8.96. The maximum Gasteiger partial charge on any atom is 0.239 e. The Balaban J connectivity index is 1.44. The second kappa shape index (κ2) is 20.6. The summed E-state index contributed by atoms with van der Waals surface area (Å²) in [4.78, 5) is 56.7. The van der Waals surface area contributed by atoms with Gasteiger partial charge in [-0.05, 0) is 45.7 Å². The minimum absolute atomic E-state index is 0.0332. The summed E-state index contributed by atoms with van der Waals surface area (Å²) in [5, 5.41) is 46.9. The average molecular weight is 824 g/mol. The van der Waals surface area contributed by atoms with E-state index < -0.39 is 95.1 Å². The molecule has 0 spiro atoms. The van der Waals surface area contributed by atoms with E-state index in [9.17, 15) is 39.6 Å². The van der Waals surface area contributed by atoms with Gasteiger partial charge in [-0.25, -0.2) is 0 Å². The highest BCUT2D eigenvalue weighted by Crippen LogP contribution is 2.52. The van der Waals surface area contributed by atoms with Crippen LogP contribution in [0.3, 0.4) is 0 Å². The first-order valence-corrected chi connectivity index (χ1v) is 21.6. The molecule has 14 nitrogen and oxygen atoms in total. The molecule has 7 atom stereocenters. The van der Waals surface area contributed by atoms with Gasteiger partial charge in [0.15, 0.2) is 17.9 Å². The van der Waals surface area contributed by atoms with Crippen molar-refractivity contribution in [1.29, 1.82) is 0 Å². The van der Waals surface area contributed by atoms with Crippen molar-refractivity contribution in [2.75, 3.05) is 20.2 Å². The Morgan fingerprint density at radius 3 is 2.22 bits per heavy atom. The number of fused-ring (bicyclic) bond motifs is 3. The number of ether oxygens (including phenoxy) is 3. The normalized spacial score (nSPS) is 24.2. The van der Waals surface area contributed by atoms with E-state index in [1.807, 2.05) is 0 Å². The molecular weight excluding hydrogens is 759 g/mol. The Hall–Kier alpha value is -3.92. The molecule has 0 aromatic heterocycles. The molecule has 1 amide bonds. The van der Waals surface area contributed by atoms with Gasteiger partial charge in [-0.2, -0.15) is 0 Å². The number of methoxy groups -OCH3 is 1. The summed E-state index contributed by atoms with van der Waals surface area (Å²) >= 11 is 0. The number of hydrogen-bond donors (Lipinski definition) is 6. The standard InChI is InChI=1S/C45H65N3O11/c1-5-6-7-8-9-10-11-12-13-16-22-48(44(55)30(47)19-14-15-21-46)31-23-34(58-26(2)39(31)50)59-33-25-45(56,27(3)49)24-29-36(33)43(54)38-37(41(29)52)40(51)28-18-17-20-32(57-4)35(28)42(38)53/h17-18,20,26,30-31,33-34,39,50,52,54,56H,5-16,19,21-25,46-47H2,1-4H3/t26?,30-,31?,33-,34?,39?,45-/m0/s1. The summed E-state index contributed by atoms with van der Waals surface area (Å²) in [5.74, 6) is -3.65.